The van der Waals surface area contributed by atoms with Gasteiger partial charge >= 0.3 is 0 Å². The van der Waals surface area contributed by atoms with Crippen molar-refractivity contribution in [1.29, 1.82) is 0 Å². The number of hydrogen-bond acceptors (Lipinski definition) is 3. The lowest BCUT2D eigenvalue weighted by Crippen LogP contribution is -2.00. The van der Waals surface area contributed by atoms with Crippen molar-refractivity contribution in [2.75, 3.05) is 12.4 Å². The monoisotopic (exact) mass is 326 g/mol. The smallest absolute Gasteiger partial charge is 0.212 e. The largest absolute Gasteiger partial charge is 0.481 e. The van der Waals surface area contributed by atoms with Gasteiger partial charge in [-0.15, -0.1) is 0 Å². The van der Waals surface area contributed by atoms with E-state index in [1.54, 1.807) is 13.3 Å². The van der Waals surface area contributed by atoms with Gasteiger partial charge in [-0.25, -0.2) is 4.98 Å². The van der Waals surface area contributed by atoms with Gasteiger partial charge < -0.3 is 10.1 Å². The Morgan fingerprint density at radius 1 is 1.33 bits per heavy atom. The van der Waals surface area contributed by atoms with E-state index in [1.165, 1.54) is 0 Å². The first-order valence-corrected chi connectivity index (χ1v) is 6.54. The Morgan fingerprint density at radius 2 is 2.17 bits per heavy atom. The van der Waals surface area contributed by atoms with Crippen molar-refractivity contribution in [1.82, 2.24) is 4.98 Å². The molecule has 0 aliphatic heterocycles. The molecule has 0 aliphatic rings. The van der Waals surface area contributed by atoms with E-state index in [2.05, 4.69) is 26.2 Å². The van der Waals surface area contributed by atoms with Crippen molar-refractivity contribution >= 4 is 33.2 Å². The third-order valence-corrected chi connectivity index (χ3v) is 3.66. The molecule has 1 heterocycles. The second-order valence-corrected chi connectivity index (χ2v) is 4.95. The first-order valence-electron chi connectivity index (χ1n) is 5.37. The highest BCUT2D eigenvalue weighted by atomic mass is 79.9. The van der Waals surface area contributed by atoms with Crippen LogP contribution < -0.4 is 10.1 Å². The molecule has 18 heavy (non-hydrogen) atoms. The molecule has 0 spiro atoms. The van der Waals surface area contributed by atoms with Crippen LogP contribution in [0.25, 0.3) is 0 Å². The van der Waals surface area contributed by atoms with E-state index >= 15 is 0 Å². The maximum Gasteiger partial charge on any atom is 0.212 e. The van der Waals surface area contributed by atoms with Crippen molar-refractivity contribution < 1.29 is 4.74 Å². The minimum Gasteiger partial charge on any atom is -0.481 e. The third kappa shape index (κ3) is 3.37. The van der Waals surface area contributed by atoms with Crippen LogP contribution in [0.4, 0.5) is 5.69 Å². The highest BCUT2D eigenvalue weighted by molar-refractivity contribution is 9.10. The number of nitrogens with zero attached hydrogens (tertiary/aromatic N) is 1. The number of benzene rings is 1. The van der Waals surface area contributed by atoms with Gasteiger partial charge in [0, 0.05) is 29.0 Å². The fourth-order valence-corrected chi connectivity index (χ4v) is 1.87. The summed E-state index contributed by atoms with van der Waals surface area (Å²) in [4.78, 5) is 4.15. The second kappa shape index (κ2) is 6.07. The van der Waals surface area contributed by atoms with Gasteiger partial charge in [0.05, 0.1) is 12.1 Å². The van der Waals surface area contributed by atoms with Crippen LogP contribution in [-0.4, -0.2) is 12.1 Å². The van der Waals surface area contributed by atoms with Crippen molar-refractivity contribution in [3.8, 4) is 5.88 Å². The Hall–Kier alpha value is -1.26. The molecule has 3 nitrogen and oxygen atoms in total. The minimum absolute atomic E-state index is 0.616. The first kappa shape index (κ1) is 13.2. The second-order valence-electron chi connectivity index (χ2n) is 3.69. The summed E-state index contributed by atoms with van der Waals surface area (Å²) in [6.07, 6.45) is 1.78. The van der Waals surface area contributed by atoms with Crippen molar-refractivity contribution in [3.63, 3.8) is 0 Å². The zero-order valence-corrected chi connectivity index (χ0v) is 12.1. The fourth-order valence-electron chi connectivity index (χ4n) is 1.45. The highest BCUT2D eigenvalue weighted by Crippen LogP contribution is 2.25. The molecule has 2 aromatic rings. The van der Waals surface area contributed by atoms with E-state index < -0.39 is 0 Å². The molecule has 5 heteroatoms. The number of aromatic nitrogens is 1. The van der Waals surface area contributed by atoms with Gasteiger partial charge in [0.25, 0.3) is 0 Å². The number of anilines is 1. The molecule has 1 aromatic heterocycles. The summed E-state index contributed by atoms with van der Waals surface area (Å²) in [7, 11) is 1.60. The molecule has 0 bridgehead atoms. The number of halogens is 2. The predicted molar refractivity (Wildman–Crippen MR) is 77.3 cm³/mol. The van der Waals surface area contributed by atoms with Gasteiger partial charge in [0.15, 0.2) is 0 Å². The van der Waals surface area contributed by atoms with Crippen LogP contribution in [0.15, 0.2) is 41.0 Å². The standard InChI is InChI=1S/C13H12BrClN2O/c1-18-13-5-2-9(8-17-13)7-16-10-3-4-11(14)12(15)6-10/h2-6,8,16H,7H2,1H3. The van der Waals surface area contributed by atoms with E-state index in [-0.39, 0.29) is 0 Å². The molecule has 94 valence electrons. The van der Waals surface area contributed by atoms with Crippen LogP contribution in [0.3, 0.4) is 0 Å². The van der Waals surface area contributed by atoms with Gasteiger partial charge in [-0.05, 0) is 39.7 Å². The van der Waals surface area contributed by atoms with Crippen LogP contribution in [0.1, 0.15) is 5.56 Å². The highest BCUT2D eigenvalue weighted by Gasteiger charge is 2.00. The van der Waals surface area contributed by atoms with Gasteiger partial charge in [-0.3, -0.25) is 0 Å². The summed E-state index contributed by atoms with van der Waals surface area (Å²) in [5, 5.41) is 3.97. The van der Waals surface area contributed by atoms with Crippen molar-refractivity contribution in [2.24, 2.45) is 0 Å². The Kier molecular flexibility index (Phi) is 4.44. The number of methoxy groups -OCH3 is 1. The van der Waals surface area contributed by atoms with Gasteiger partial charge in [-0.1, -0.05) is 17.7 Å². The molecule has 0 saturated carbocycles. The SMILES string of the molecule is COc1ccc(CNc2ccc(Br)c(Cl)c2)cn1. The summed E-state index contributed by atoms with van der Waals surface area (Å²) in [5.41, 5.74) is 2.05. The maximum atomic E-state index is 6.02. The zero-order chi connectivity index (χ0) is 13.0. The molecule has 0 saturated heterocycles. The van der Waals surface area contributed by atoms with Crippen LogP contribution in [0.2, 0.25) is 5.02 Å². The maximum absolute atomic E-state index is 6.02. The molecular weight excluding hydrogens is 316 g/mol. The van der Waals surface area contributed by atoms with E-state index in [1.807, 2.05) is 30.3 Å². The predicted octanol–water partition coefficient (Wildman–Crippen LogP) is 4.12. The van der Waals surface area contributed by atoms with Crippen molar-refractivity contribution in [3.05, 3.63) is 51.6 Å². The lowest BCUT2D eigenvalue weighted by atomic mass is 10.2. The number of rotatable bonds is 4. The Balaban J connectivity index is 1.99. The molecular formula is C13H12BrClN2O. The summed E-state index contributed by atoms with van der Waals surface area (Å²) in [6, 6.07) is 9.57. The number of pyridine rings is 1. The van der Waals surface area contributed by atoms with Gasteiger partial charge in [0.2, 0.25) is 5.88 Å². The summed E-state index contributed by atoms with van der Waals surface area (Å²) in [5.74, 6) is 0.616. The van der Waals surface area contributed by atoms with Gasteiger partial charge in [0.1, 0.15) is 0 Å². The fraction of sp³-hybridized carbons (Fsp3) is 0.154. The minimum atomic E-state index is 0.616. The molecule has 2 rings (SSSR count). The number of ether oxygens (including phenoxy) is 1. The van der Waals surface area contributed by atoms with E-state index in [0.29, 0.717) is 17.4 Å². The van der Waals surface area contributed by atoms with Crippen LogP contribution >= 0.6 is 27.5 Å². The number of hydrogen-bond donors (Lipinski definition) is 1. The van der Waals surface area contributed by atoms with Crippen LogP contribution in [0.5, 0.6) is 5.88 Å². The molecule has 1 aromatic carbocycles. The molecule has 0 unspecified atom stereocenters. The normalized spacial score (nSPS) is 10.2. The number of nitrogens with one attached hydrogen (secondary N) is 1. The van der Waals surface area contributed by atoms with Gasteiger partial charge in [-0.2, -0.15) is 0 Å². The Morgan fingerprint density at radius 3 is 2.78 bits per heavy atom. The average molecular weight is 328 g/mol. The van der Waals surface area contributed by atoms with E-state index in [9.17, 15) is 0 Å². The third-order valence-electron chi connectivity index (χ3n) is 2.42. The Bertz CT molecular complexity index is 531. The molecule has 0 aliphatic carbocycles. The molecule has 1 N–H and O–H groups in total. The summed E-state index contributed by atoms with van der Waals surface area (Å²) in [6.45, 7) is 0.689. The zero-order valence-electron chi connectivity index (χ0n) is 9.78. The lowest BCUT2D eigenvalue weighted by Gasteiger charge is -2.07. The summed E-state index contributed by atoms with van der Waals surface area (Å²) < 4.78 is 5.90. The average Bonchev–Trinajstić information content (AvgIpc) is 2.41. The molecule has 0 fully saturated rings. The quantitative estimate of drug-likeness (QED) is 0.917. The first-order chi connectivity index (χ1) is 8.69. The lowest BCUT2D eigenvalue weighted by molar-refractivity contribution is 0.397. The molecule has 0 radical (unpaired) electrons. The topological polar surface area (TPSA) is 34.1 Å². The van der Waals surface area contributed by atoms with E-state index in [0.717, 1.165) is 15.7 Å². The van der Waals surface area contributed by atoms with E-state index in [4.69, 9.17) is 16.3 Å². The van der Waals surface area contributed by atoms with Crippen molar-refractivity contribution in [2.45, 2.75) is 6.54 Å². The summed E-state index contributed by atoms with van der Waals surface area (Å²) >= 11 is 9.38. The molecule has 0 atom stereocenters. The Labute approximate surface area is 119 Å². The molecule has 0 amide bonds. The van der Waals surface area contributed by atoms with Crippen LogP contribution in [-0.2, 0) is 6.54 Å². The van der Waals surface area contributed by atoms with Crippen LogP contribution in [0, 0.1) is 0 Å².